The Morgan fingerprint density at radius 2 is 2.05 bits per heavy atom. The van der Waals surface area contributed by atoms with Gasteiger partial charge in [-0.1, -0.05) is 36.2 Å². The molecule has 0 aliphatic rings. The second-order valence-electron chi connectivity index (χ2n) is 4.15. The molecule has 0 aliphatic carbocycles. The topological polar surface area (TPSA) is 69.6 Å². The van der Waals surface area contributed by atoms with Crippen molar-refractivity contribution in [3.63, 3.8) is 0 Å². The fourth-order valence-electron chi connectivity index (χ4n) is 1.38. The summed E-state index contributed by atoms with van der Waals surface area (Å²) in [6, 6.07) is 4.43. The Kier molecular flexibility index (Phi) is 5.44. The number of carbonyl (C=O) groups excluding carboxylic acids is 1. The molecule has 1 rings (SSSR count). The lowest BCUT2D eigenvalue weighted by Gasteiger charge is -2.20. The van der Waals surface area contributed by atoms with Crippen molar-refractivity contribution in [2.45, 2.75) is 6.92 Å². The molecule has 0 aliphatic heterocycles. The van der Waals surface area contributed by atoms with Crippen LogP contribution in [0.1, 0.15) is 6.92 Å². The van der Waals surface area contributed by atoms with Crippen molar-refractivity contribution < 1.29 is 14.7 Å². The molecule has 104 valence electrons. The van der Waals surface area contributed by atoms with Crippen LogP contribution >= 0.6 is 23.2 Å². The standard InChI is InChI=1S/C12H14Cl2N2O3/c1-7(11(17)18)6-16(2)12(19)15-9-5-3-4-8(13)10(9)14/h3-5,7H,6H2,1-2H3,(H,15,19)(H,17,18). The fraction of sp³-hybridized carbons (Fsp3) is 0.333. The Morgan fingerprint density at radius 3 is 2.63 bits per heavy atom. The molecule has 0 bridgehead atoms. The van der Waals surface area contributed by atoms with Gasteiger partial charge < -0.3 is 15.3 Å². The molecule has 0 fully saturated rings. The second kappa shape index (κ2) is 6.63. The van der Waals surface area contributed by atoms with Crippen molar-refractivity contribution in [2.75, 3.05) is 18.9 Å². The number of halogens is 2. The smallest absolute Gasteiger partial charge is 0.321 e. The first-order chi connectivity index (χ1) is 8.82. The molecule has 1 aromatic rings. The van der Waals surface area contributed by atoms with E-state index in [2.05, 4.69) is 5.32 Å². The van der Waals surface area contributed by atoms with Crippen LogP contribution in [0.15, 0.2) is 18.2 Å². The third-order valence-electron chi connectivity index (χ3n) is 2.51. The number of amides is 2. The third-order valence-corrected chi connectivity index (χ3v) is 3.33. The van der Waals surface area contributed by atoms with Crippen LogP contribution in [0, 0.1) is 5.92 Å². The Hall–Kier alpha value is -1.46. The molecule has 0 spiro atoms. The largest absolute Gasteiger partial charge is 0.481 e. The van der Waals surface area contributed by atoms with Crippen LogP contribution in [0.2, 0.25) is 10.0 Å². The van der Waals surface area contributed by atoms with E-state index >= 15 is 0 Å². The van der Waals surface area contributed by atoms with Gasteiger partial charge in [0.15, 0.2) is 0 Å². The van der Waals surface area contributed by atoms with E-state index in [1.165, 1.54) is 18.9 Å². The molecule has 1 unspecified atom stereocenters. The maximum atomic E-state index is 11.9. The van der Waals surface area contributed by atoms with Gasteiger partial charge in [-0.05, 0) is 12.1 Å². The summed E-state index contributed by atoms with van der Waals surface area (Å²) in [6.45, 7) is 1.62. The number of rotatable bonds is 4. The Balaban J connectivity index is 2.69. The summed E-state index contributed by atoms with van der Waals surface area (Å²) < 4.78 is 0. The zero-order valence-corrected chi connectivity index (χ0v) is 12.0. The number of urea groups is 1. The van der Waals surface area contributed by atoms with Crippen molar-refractivity contribution in [3.8, 4) is 0 Å². The molecule has 0 heterocycles. The average molecular weight is 305 g/mol. The lowest BCUT2D eigenvalue weighted by atomic mass is 10.2. The summed E-state index contributed by atoms with van der Waals surface area (Å²) in [5.41, 5.74) is 0.383. The van der Waals surface area contributed by atoms with Gasteiger partial charge in [-0.25, -0.2) is 4.79 Å². The number of carboxylic acid groups (broad SMARTS) is 1. The molecule has 5 nitrogen and oxygen atoms in total. The lowest BCUT2D eigenvalue weighted by molar-refractivity contribution is -0.141. The van der Waals surface area contributed by atoms with Crippen LogP contribution in [0.25, 0.3) is 0 Å². The van der Waals surface area contributed by atoms with Crippen LogP contribution < -0.4 is 5.32 Å². The van der Waals surface area contributed by atoms with Gasteiger partial charge in [0, 0.05) is 13.6 Å². The maximum Gasteiger partial charge on any atom is 0.321 e. The number of nitrogens with one attached hydrogen (secondary N) is 1. The predicted molar refractivity (Wildman–Crippen MR) is 74.9 cm³/mol. The van der Waals surface area contributed by atoms with E-state index in [-0.39, 0.29) is 11.6 Å². The summed E-state index contributed by atoms with van der Waals surface area (Å²) in [6.07, 6.45) is 0. The van der Waals surface area contributed by atoms with Crippen LogP contribution in [0.4, 0.5) is 10.5 Å². The molecule has 0 saturated carbocycles. The zero-order chi connectivity index (χ0) is 14.6. The van der Waals surface area contributed by atoms with E-state index in [1.54, 1.807) is 18.2 Å². The van der Waals surface area contributed by atoms with Crippen LogP contribution in [-0.2, 0) is 4.79 Å². The van der Waals surface area contributed by atoms with Gasteiger partial charge in [0.05, 0.1) is 21.7 Å². The molecule has 19 heavy (non-hydrogen) atoms. The molecule has 0 radical (unpaired) electrons. The van der Waals surface area contributed by atoms with Gasteiger partial charge in [-0.2, -0.15) is 0 Å². The van der Waals surface area contributed by atoms with Crippen molar-refractivity contribution >= 4 is 40.9 Å². The molecular formula is C12H14Cl2N2O3. The van der Waals surface area contributed by atoms with Gasteiger partial charge in [0.2, 0.25) is 0 Å². The van der Waals surface area contributed by atoms with Crippen LogP contribution in [0.5, 0.6) is 0 Å². The number of carboxylic acids is 1. The molecule has 1 atom stereocenters. The van der Waals surface area contributed by atoms with Gasteiger partial charge in [0.25, 0.3) is 0 Å². The van der Waals surface area contributed by atoms with Gasteiger partial charge >= 0.3 is 12.0 Å². The van der Waals surface area contributed by atoms with E-state index in [0.29, 0.717) is 10.7 Å². The Morgan fingerprint density at radius 1 is 1.42 bits per heavy atom. The van der Waals surface area contributed by atoms with Gasteiger partial charge in [-0.15, -0.1) is 0 Å². The third kappa shape index (κ3) is 4.29. The monoisotopic (exact) mass is 304 g/mol. The van der Waals surface area contributed by atoms with Crippen LogP contribution in [0.3, 0.4) is 0 Å². The number of benzene rings is 1. The summed E-state index contributed by atoms with van der Waals surface area (Å²) in [4.78, 5) is 23.8. The minimum absolute atomic E-state index is 0.0966. The highest BCUT2D eigenvalue weighted by atomic mass is 35.5. The van der Waals surface area contributed by atoms with Gasteiger partial charge in [-0.3, -0.25) is 4.79 Å². The van der Waals surface area contributed by atoms with E-state index < -0.39 is 17.9 Å². The van der Waals surface area contributed by atoms with Gasteiger partial charge in [0.1, 0.15) is 0 Å². The minimum Gasteiger partial charge on any atom is -0.481 e. The Labute approximate surface area is 121 Å². The first kappa shape index (κ1) is 15.6. The highest BCUT2D eigenvalue weighted by Gasteiger charge is 2.18. The number of anilines is 1. The highest BCUT2D eigenvalue weighted by Crippen LogP contribution is 2.29. The molecule has 0 saturated heterocycles. The number of hydrogen-bond donors (Lipinski definition) is 2. The summed E-state index contributed by atoms with van der Waals surface area (Å²) in [7, 11) is 1.51. The maximum absolute atomic E-state index is 11.9. The van der Waals surface area contributed by atoms with Crippen molar-refractivity contribution in [1.29, 1.82) is 0 Å². The molecule has 1 aromatic carbocycles. The van der Waals surface area contributed by atoms with Crippen molar-refractivity contribution in [2.24, 2.45) is 5.92 Å². The number of carbonyl (C=O) groups is 2. The normalized spacial score (nSPS) is 11.8. The number of nitrogens with zero attached hydrogens (tertiary/aromatic N) is 1. The Bertz CT molecular complexity index is 494. The zero-order valence-electron chi connectivity index (χ0n) is 10.5. The second-order valence-corrected chi connectivity index (χ2v) is 4.94. The first-order valence-electron chi connectivity index (χ1n) is 5.52. The van der Waals surface area contributed by atoms with E-state index in [1.807, 2.05) is 0 Å². The number of aliphatic carboxylic acids is 1. The summed E-state index contributed by atoms with van der Waals surface area (Å²) in [5, 5.41) is 11.9. The molecule has 0 aromatic heterocycles. The van der Waals surface area contributed by atoms with Crippen molar-refractivity contribution in [1.82, 2.24) is 4.90 Å². The molecular weight excluding hydrogens is 291 g/mol. The fourth-order valence-corrected chi connectivity index (χ4v) is 1.73. The SMILES string of the molecule is CC(CN(C)C(=O)Nc1cccc(Cl)c1Cl)C(=O)O. The predicted octanol–water partition coefficient (Wildman–Crippen LogP) is 3.18. The van der Waals surface area contributed by atoms with E-state index in [4.69, 9.17) is 28.3 Å². The summed E-state index contributed by atoms with van der Waals surface area (Å²) in [5.74, 6) is -1.61. The molecule has 7 heteroatoms. The lowest BCUT2D eigenvalue weighted by Crippen LogP contribution is -2.36. The molecule has 2 N–H and O–H groups in total. The summed E-state index contributed by atoms with van der Waals surface area (Å²) >= 11 is 11.8. The quantitative estimate of drug-likeness (QED) is 0.897. The first-order valence-corrected chi connectivity index (χ1v) is 6.27. The van der Waals surface area contributed by atoms with E-state index in [0.717, 1.165) is 0 Å². The number of hydrogen-bond acceptors (Lipinski definition) is 2. The highest BCUT2D eigenvalue weighted by molar-refractivity contribution is 6.43. The van der Waals surface area contributed by atoms with Crippen molar-refractivity contribution in [3.05, 3.63) is 28.2 Å². The van der Waals surface area contributed by atoms with Crippen LogP contribution in [-0.4, -0.2) is 35.6 Å². The minimum atomic E-state index is -0.958. The average Bonchev–Trinajstić information content (AvgIpc) is 2.34. The van der Waals surface area contributed by atoms with E-state index in [9.17, 15) is 9.59 Å². The molecule has 2 amide bonds.